The molecule has 0 fully saturated rings. The Balaban J connectivity index is 2.10. The van der Waals surface area contributed by atoms with Crippen molar-refractivity contribution < 1.29 is 0 Å². The monoisotopic (exact) mass is 317 g/mol. The Morgan fingerprint density at radius 3 is 2.95 bits per heavy atom. The fraction of sp³-hybridized carbons (Fsp3) is 0.333. The molecule has 98 valence electrons. The van der Waals surface area contributed by atoms with E-state index in [2.05, 4.69) is 40.3 Å². The molecule has 3 rings (SSSR count). The van der Waals surface area contributed by atoms with Crippen molar-refractivity contribution in [2.24, 2.45) is 0 Å². The van der Waals surface area contributed by atoms with Crippen molar-refractivity contribution in [1.29, 1.82) is 0 Å². The highest BCUT2D eigenvalue weighted by molar-refractivity contribution is 9.10. The first-order valence-corrected chi connectivity index (χ1v) is 7.47. The van der Waals surface area contributed by atoms with Gasteiger partial charge in [0.15, 0.2) is 5.82 Å². The molecule has 1 heterocycles. The van der Waals surface area contributed by atoms with Crippen LogP contribution in [0.5, 0.6) is 0 Å². The first kappa shape index (κ1) is 12.6. The third kappa shape index (κ3) is 2.50. The van der Waals surface area contributed by atoms with Crippen LogP contribution in [-0.4, -0.2) is 16.5 Å². The van der Waals surface area contributed by atoms with Gasteiger partial charge in [0.25, 0.3) is 0 Å². The average Bonchev–Trinajstić information content (AvgIpc) is 2.87. The molecule has 0 atom stereocenters. The van der Waals surface area contributed by atoms with Crippen LogP contribution in [0.2, 0.25) is 0 Å². The van der Waals surface area contributed by atoms with E-state index in [4.69, 9.17) is 9.97 Å². The van der Waals surface area contributed by atoms with Crippen LogP contribution in [0.4, 0.5) is 5.82 Å². The molecule has 0 bridgehead atoms. The fourth-order valence-electron chi connectivity index (χ4n) is 2.50. The lowest BCUT2D eigenvalue weighted by atomic mass is 10.2. The Bertz CT molecular complexity index is 610. The number of fused-ring (bicyclic) bond motifs is 1. The summed E-state index contributed by atoms with van der Waals surface area (Å²) in [5.74, 6) is 1.83. The van der Waals surface area contributed by atoms with Gasteiger partial charge in [0.05, 0.1) is 0 Å². The topological polar surface area (TPSA) is 37.8 Å². The Morgan fingerprint density at radius 2 is 2.16 bits per heavy atom. The summed E-state index contributed by atoms with van der Waals surface area (Å²) in [4.78, 5) is 9.44. The van der Waals surface area contributed by atoms with E-state index in [1.165, 1.54) is 17.7 Å². The molecule has 1 aliphatic rings. The maximum atomic E-state index is 4.74. The quantitative estimate of drug-likeness (QED) is 0.935. The van der Waals surface area contributed by atoms with Gasteiger partial charge in [-0.1, -0.05) is 28.1 Å². The summed E-state index contributed by atoms with van der Waals surface area (Å²) in [6, 6.07) is 8.15. The summed E-state index contributed by atoms with van der Waals surface area (Å²) < 4.78 is 1.05. The number of hydrogen-bond acceptors (Lipinski definition) is 3. The first-order valence-electron chi connectivity index (χ1n) is 6.67. The van der Waals surface area contributed by atoms with E-state index in [0.29, 0.717) is 0 Å². The summed E-state index contributed by atoms with van der Waals surface area (Å²) in [5, 5.41) is 3.37. The molecule has 0 amide bonds. The van der Waals surface area contributed by atoms with Crippen LogP contribution < -0.4 is 5.32 Å². The van der Waals surface area contributed by atoms with E-state index in [0.717, 1.165) is 41.1 Å². The maximum Gasteiger partial charge on any atom is 0.161 e. The molecule has 2 aromatic rings. The summed E-state index contributed by atoms with van der Waals surface area (Å²) >= 11 is 3.50. The predicted octanol–water partition coefficient (Wildman–Crippen LogP) is 3.83. The van der Waals surface area contributed by atoms with Crippen molar-refractivity contribution in [3.63, 3.8) is 0 Å². The average molecular weight is 318 g/mol. The number of halogens is 1. The van der Waals surface area contributed by atoms with E-state index < -0.39 is 0 Å². The first-order chi connectivity index (χ1) is 9.28. The lowest BCUT2D eigenvalue weighted by Gasteiger charge is -2.11. The Morgan fingerprint density at radius 1 is 1.26 bits per heavy atom. The minimum absolute atomic E-state index is 0.818. The molecule has 3 nitrogen and oxygen atoms in total. The zero-order valence-corrected chi connectivity index (χ0v) is 12.5. The molecule has 0 saturated heterocycles. The molecule has 1 N–H and O–H groups in total. The Kier molecular flexibility index (Phi) is 3.51. The number of benzene rings is 1. The van der Waals surface area contributed by atoms with Gasteiger partial charge < -0.3 is 5.32 Å². The number of rotatable bonds is 3. The number of nitrogens with one attached hydrogen (secondary N) is 1. The van der Waals surface area contributed by atoms with Gasteiger partial charge in [0.1, 0.15) is 5.82 Å². The standard InChI is InChI=1S/C15H16BrN3/c1-2-17-15-12-7-4-8-13(12)18-14(19-15)10-5-3-6-11(16)9-10/h3,5-6,9H,2,4,7-8H2,1H3,(H,17,18,19). The smallest absolute Gasteiger partial charge is 0.161 e. The van der Waals surface area contributed by atoms with E-state index >= 15 is 0 Å². The summed E-state index contributed by atoms with van der Waals surface area (Å²) in [6.45, 7) is 2.99. The van der Waals surface area contributed by atoms with Crippen molar-refractivity contribution in [1.82, 2.24) is 9.97 Å². The molecular formula is C15H16BrN3. The van der Waals surface area contributed by atoms with Gasteiger partial charge in [-0.2, -0.15) is 0 Å². The van der Waals surface area contributed by atoms with Gasteiger partial charge >= 0.3 is 0 Å². The van der Waals surface area contributed by atoms with Crippen LogP contribution in [0.1, 0.15) is 24.6 Å². The van der Waals surface area contributed by atoms with Crippen molar-refractivity contribution >= 4 is 21.7 Å². The van der Waals surface area contributed by atoms with Crippen LogP contribution in [0.3, 0.4) is 0 Å². The summed E-state index contributed by atoms with van der Waals surface area (Å²) in [5.41, 5.74) is 3.57. The zero-order valence-electron chi connectivity index (χ0n) is 10.9. The minimum Gasteiger partial charge on any atom is -0.370 e. The number of hydrogen-bond donors (Lipinski definition) is 1. The van der Waals surface area contributed by atoms with Crippen molar-refractivity contribution in [2.45, 2.75) is 26.2 Å². The maximum absolute atomic E-state index is 4.74. The largest absolute Gasteiger partial charge is 0.370 e. The lowest BCUT2D eigenvalue weighted by Crippen LogP contribution is -2.06. The molecule has 0 unspecified atom stereocenters. The molecule has 1 aromatic carbocycles. The molecule has 0 saturated carbocycles. The SMILES string of the molecule is CCNc1nc(-c2cccc(Br)c2)nc2c1CCC2. The second-order valence-corrected chi connectivity index (χ2v) is 5.63. The highest BCUT2D eigenvalue weighted by Gasteiger charge is 2.19. The molecule has 0 aliphatic heterocycles. The number of aromatic nitrogens is 2. The van der Waals surface area contributed by atoms with Gasteiger partial charge in [-0.05, 0) is 38.3 Å². The van der Waals surface area contributed by atoms with Gasteiger partial charge in [-0.25, -0.2) is 9.97 Å². The van der Waals surface area contributed by atoms with Crippen LogP contribution in [0, 0.1) is 0 Å². The number of aryl methyl sites for hydroxylation is 1. The van der Waals surface area contributed by atoms with Crippen molar-refractivity contribution in [3.05, 3.63) is 40.0 Å². The molecule has 1 aliphatic carbocycles. The Labute approximate surface area is 121 Å². The van der Waals surface area contributed by atoms with Crippen molar-refractivity contribution in [2.75, 3.05) is 11.9 Å². The van der Waals surface area contributed by atoms with E-state index in [1.54, 1.807) is 0 Å². The molecular weight excluding hydrogens is 302 g/mol. The predicted molar refractivity (Wildman–Crippen MR) is 81.4 cm³/mol. The third-order valence-corrected chi connectivity index (χ3v) is 3.85. The lowest BCUT2D eigenvalue weighted by molar-refractivity contribution is 0.900. The third-order valence-electron chi connectivity index (χ3n) is 3.36. The summed E-state index contributed by atoms with van der Waals surface area (Å²) in [6.07, 6.45) is 3.35. The molecule has 19 heavy (non-hydrogen) atoms. The van der Waals surface area contributed by atoms with E-state index in [-0.39, 0.29) is 0 Å². The van der Waals surface area contributed by atoms with E-state index in [1.807, 2.05) is 12.1 Å². The second-order valence-electron chi connectivity index (χ2n) is 4.72. The highest BCUT2D eigenvalue weighted by Crippen LogP contribution is 2.29. The number of anilines is 1. The molecule has 0 radical (unpaired) electrons. The summed E-state index contributed by atoms with van der Waals surface area (Å²) in [7, 11) is 0. The fourth-order valence-corrected chi connectivity index (χ4v) is 2.90. The Hall–Kier alpha value is -1.42. The van der Waals surface area contributed by atoms with E-state index in [9.17, 15) is 0 Å². The zero-order chi connectivity index (χ0) is 13.2. The van der Waals surface area contributed by atoms with Gasteiger partial charge in [-0.15, -0.1) is 0 Å². The highest BCUT2D eigenvalue weighted by atomic mass is 79.9. The normalized spacial score (nSPS) is 13.4. The van der Waals surface area contributed by atoms with Crippen LogP contribution in [0.25, 0.3) is 11.4 Å². The van der Waals surface area contributed by atoms with Gasteiger partial charge in [0.2, 0.25) is 0 Å². The van der Waals surface area contributed by atoms with Crippen molar-refractivity contribution in [3.8, 4) is 11.4 Å². The molecule has 1 aromatic heterocycles. The van der Waals surface area contributed by atoms with Gasteiger partial charge in [-0.3, -0.25) is 0 Å². The number of nitrogens with zero attached hydrogens (tertiary/aromatic N) is 2. The van der Waals surface area contributed by atoms with Crippen LogP contribution in [-0.2, 0) is 12.8 Å². The van der Waals surface area contributed by atoms with Gasteiger partial charge in [0, 0.05) is 27.8 Å². The minimum atomic E-state index is 0.818. The molecule has 0 spiro atoms. The van der Waals surface area contributed by atoms with Crippen LogP contribution in [0.15, 0.2) is 28.7 Å². The second kappa shape index (κ2) is 5.29. The molecule has 4 heteroatoms. The van der Waals surface area contributed by atoms with Crippen LogP contribution >= 0.6 is 15.9 Å².